The molecule has 0 amide bonds. The zero-order valence-corrected chi connectivity index (χ0v) is 12.1. The van der Waals surface area contributed by atoms with E-state index >= 15 is 0 Å². The van der Waals surface area contributed by atoms with Gasteiger partial charge in [-0.05, 0) is 25.2 Å². The van der Waals surface area contributed by atoms with E-state index in [1.165, 1.54) is 0 Å². The van der Waals surface area contributed by atoms with Crippen LogP contribution in [0.3, 0.4) is 0 Å². The largest absolute Gasteiger partial charge is 0.508 e. The van der Waals surface area contributed by atoms with Crippen LogP contribution in [0.5, 0.6) is 11.5 Å². The van der Waals surface area contributed by atoms with Gasteiger partial charge < -0.3 is 14.9 Å². The molecule has 1 unspecified atom stereocenters. The van der Waals surface area contributed by atoms with E-state index in [-0.39, 0.29) is 12.4 Å². The molecule has 0 radical (unpaired) electrons. The van der Waals surface area contributed by atoms with Gasteiger partial charge in [-0.2, -0.15) is 0 Å². The summed E-state index contributed by atoms with van der Waals surface area (Å²) in [5, 5.41) is 19.7. The van der Waals surface area contributed by atoms with Crippen LogP contribution in [0.2, 0.25) is 0 Å². The highest BCUT2D eigenvalue weighted by molar-refractivity contribution is 5.31. The van der Waals surface area contributed by atoms with Crippen molar-refractivity contribution >= 4 is 0 Å². The number of rotatable bonds is 7. The third-order valence-corrected chi connectivity index (χ3v) is 3.14. The summed E-state index contributed by atoms with van der Waals surface area (Å²) in [5.41, 5.74) is 0.844. The summed E-state index contributed by atoms with van der Waals surface area (Å²) >= 11 is 0. The molecule has 4 nitrogen and oxygen atoms in total. The number of para-hydroxylation sites is 2. The van der Waals surface area contributed by atoms with Gasteiger partial charge in [0, 0.05) is 18.7 Å². The van der Waals surface area contributed by atoms with E-state index in [1.54, 1.807) is 12.1 Å². The molecule has 0 saturated carbocycles. The molecule has 21 heavy (non-hydrogen) atoms. The number of hydrogen-bond donors (Lipinski definition) is 2. The zero-order valence-electron chi connectivity index (χ0n) is 12.1. The lowest BCUT2D eigenvalue weighted by Gasteiger charge is -2.21. The second-order valence-corrected chi connectivity index (χ2v) is 5.10. The van der Waals surface area contributed by atoms with E-state index in [4.69, 9.17) is 4.74 Å². The molecule has 2 N–H and O–H groups in total. The second kappa shape index (κ2) is 7.67. The van der Waals surface area contributed by atoms with Crippen LogP contribution in [0.15, 0.2) is 54.6 Å². The minimum atomic E-state index is -0.582. The summed E-state index contributed by atoms with van der Waals surface area (Å²) in [6.07, 6.45) is -0.582. The Morgan fingerprint density at radius 3 is 2.43 bits per heavy atom. The van der Waals surface area contributed by atoms with Crippen LogP contribution < -0.4 is 4.74 Å². The fourth-order valence-electron chi connectivity index (χ4n) is 2.12. The van der Waals surface area contributed by atoms with Crippen molar-refractivity contribution < 1.29 is 14.9 Å². The van der Waals surface area contributed by atoms with Gasteiger partial charge in [0.05, 0.1) is 0 Å². The van der Waals surface area contributed by atoms with E-state index < -0.39 is 6.10 Å². The van der Waals surface area contributed by atoms with Crippen LogP contribution >= 0.6 is 0 Å². The number of hydrogen-bond acceptors (Lipinski definition) is 4. The van der Waals surface area contributed by atoms with Crippen molar-refractivity contribution in [2.45, 2.75) is 12.6 Å². The Hall–Kier alpha value is -2.04. The molecule has 0 bridgehead atoms. The number of phenolic OH excluding ortho intramolecular Hbond substituents is 1. The van der Waals surface area contributed by atoms with Crippen LogP contribution in [0.4, 0.5) is 0 Å². The maximum absolute atomic E-state index is 10.00. The number of aliphatic hydroxyl groups excluding tert-OH is 1. The number of benzene rings is 2. The molecule has 0 fully saturated rings. The molecular formula is C17H21NO3. The predicted molar refractivity (Wildman–Crippen MR) is 82.4 cm³/mol. The standard InChI is InChI=1S/C17H21NO3/c1-18(11-14-7-5-6-10-17(14)20)12-15(19)13-21-16-8-3-2-4-9-16/h2-10,15,19-20H,11-13H2,1H3. The first-order valence-corrected chi connectivity index (χ1v) is 6.96. The topological polar surface area (TPSA) is 52.9 Å². The molecule has 0 aromatic heterocycles. The van der Waals surface area contributed by atoms with Gasteiger partial charge in [-0.3, -0.25) is 4.90 Å². The molecule has 2 rings (SSSR count). The van der Waals surface area contributed by atoms with Crippen molar-refractivity contribution in [2.75, 3.05) is 20.2 Å². The van der Waals surface area contributed by atoms with Gasteiger partial charge in [-0.15, -0.1) is 0 Å². The highest BCUT2D eigenvalue weighted by atomic mass is 16.5. The van der Waals surface area contributed by atoms with Crippen LogP contribution in [-0.2, 0) is 6.54 Å². The van der Waals surface area contributed by atoms with Crippen LogP contribution in [0.25, 0.3) is 0 Å². The Morgan fingerprint density at radius 2 is 1.71 bits per heavy atom. The summed E-state index contributed by atoms with van der Waals surface area (Å²) in [6, 6.07) is 16.6. The lowest BCUT2D eigenvalue weighted by atomic mass is 10.2. The van der Waals surface area contributed by atoms with Gasteiger partial charge in [0.15, 0.2) is 0 Å². The SMILES string of the molecule is CN(Cc1ccccc1O)CC(O)COc1ccccc1. The van der Waals surface area contributed by atoms with Crippen molar-refractivity contribution in [2.24, 2.45) is 0 Å². The first kappa shape index (κ1) is 15.4. The number of phenols is 1. The number of ether oxygens (including phenoxy) is 1. The van der Waals surface area contributed by atoms with Gasteiger partial charge in [-0.1, -0.05) is 36.4 Å². The molecule has 2 aromatic rings. The predicted octanol–water partition coefficient (Wildman–Crippen LogP) is 2.26. The van der Waals surface area contributed by atoms with Gasteiger partial charge in [0.25, 0.3) is 0 Å². The first-order valence-electron chi connectivity index (χ1n) is 6.96. The molecule has 112 valence electrons. The summed E-state index contributed by atoms with van der Waals surface area (Å²) in [6.45, 7) is 1.30. The Labute approximate surface area is 125 Å². The molecule has 4 heteroatoms. The van der Waals surface area contributed by atoms with Crippen molar-refractivity contribution in [1.29, 1.82) is 0 Å². The third kappa shape index (κ3) is 5.10. The van der Waals surface area contributed by atoms with E-state index in [0.29, 0.717) is 13.1 Å². The average molecular weight is 287 g/mol. The van der Waals surface area contributed by atoms with Crippen molar-refractivity contribution in [3.8, 4) is 11.5 Å². The number of nitrogens with zero attached hydrogens (tertiary/aromatic N) is 1. The highest BCUT2D eigenvalue weighted by Gasteiger charge is 2.11. The maximum atomic E-state index is 10.00. The maximum Gasteiger partial charge on any atom is 0.120 e. The van der Waals surface area contributed by atoms with Gasteiger partial charge in [0.2, 0.25) is 0 Å². The molecule has 0 saturated heterocycles. The average Bonchev–Trinajstić information content (AvgIpc) is 2.48. The lowest BCUT2D eigenvalue weighted by Crippen LogP contribution is -2.32. The Balaban J connectivity index is 1.77. The molecule has 0 aliphatic rings. The third-order valence-electron chi connectivity index (χ3n) is 3.14. The van der Waals surface area contributed by atoms with Crippen LogP contribution in [-0.4, -0.2) is 41.4 Å². The quantitative estimate of drug-likeness (QED) is 0.820. The molecule has 0 aliphatic heterocycles. The van der Waals surface area contributed by atoms with E-state index in [0.717, 1.165) is 11.3 Å². The minimum Gasteiger partial charge on any atom is -0.508 e. The second-order valence-electron chi connectivity index (χ2n) is 5.10. The molecular weight excluding hydrogens is 266 g/mol. The molecule has 2 aromatic carbocycles. The van der Waals surface area contributed by atoms with E-state index in [2.05, 4.69) is 0 Å². The molecule has 0 spiro atoms. The molecule has 0 heterocycles. The van der Waals surface area contributed by atoms with Crippen LogP contribution in [0.1, 0.15) is 5.56 Å². The summed E-state index contributed by atoms with van der Waals surface area (Å²) in [4.78, 5) is 1.95. The smallest absolute Gasteiger partial charge is 0.120 e. The molecule has 1 atom stereocenters. The Morgan fingerprint density at radius 1 is 1.05 bits per heavy atom. The fraction of sp³-hybridized carbons (Fsp3) is 0.294. The monoisotopic (exact) mass is 287 g/mol. The fourth-order valence-corrected chi connectivity index (χ4v) is 2.12. The Bertz CT molecular complexity index is 545. The van der Waals surface area contributed by atoms with Crippen molar-refractivity contribution in [3.63, 3.8) is 0 Å². The minimum absolute atomic E-state index is 0.245. The highest BCUT2D eigenvalue weighted by Crippen LogP contribution is 2.17. The zero-order chi connectivity index (χ0) is 15.1. The van der Waals surface area contributed by atoms with E-state index in [1.807, 2.05) is 54.4 Å². The van der Waals surface area contributed by atoms with Gasteiger partial charge >= 0.3 is 0 Å². The Kier molecular flexibility index (Phi) is 5.60. The number of aliphatic hydroxyl groups is 1. The summed E-state index contributed by atoms with van der Waals surface area (Å²) in [7, 11) is 1.90. The molecule has 0 aliphatic carbocycles. The van der Waals surface area contributed by atoms with Crippen molar-refractivity contribution in [3.05, 3.63) is 60.2 Å². The summed E-state index contributed by atoms with van der Waals surface area (Å²) in [5.74, 6) is 1.03. The van der Waals surface area contributed by atoms with Crippen molar-refractivity contribution in [1.82, 2.24) is 4.90 Å². The van der Waals surface area contributed by atoms with Gasteiger partial charge in [-0.25, -0.2) is 0 Å². The van der Waals surface area contributed by atoms with Gasteiger partial charge in [0.1, 0.15) is 24.2 Å². The number of aromatic hydroxyl groups is 1. The normalized spacial score (nSPS) is 12.3. The summed E-state index contributed by atoms with van der Waals surface area (Å²) < 4.78 is 5.52. The van der Waals surface area contributed by atoms with E-state index in [9.17, 15) is 10.2 Å². The number of likely N-dealkylation sites (N-methyl/N-ethyl adjacent to an activating group) is 1. The van der Waals surface area contributed by atoms with Crippen LogP contribution in [0, 0.1) is 0 Å². The first-order chi connectivity index (χ1) is 10.1. The lowest BCUT2D eigenvalue weighted by molar-refractivity contribution is 0.0742.